The molecular weight excluding hydrogens is 582 g/mol. The molecule has 0 fully saturated rings. The maximum Gasteiger partial charge on any atom is 0.430 e. The number of ketones is 1. The predicted molar refractivity (Wildman–Crippen MR) is 131 cm³/mol. The number of carbonyl (C=O) groups excluding carboxylic acids is 1. The minimum atomic E-state index is -6.05. The first-order chi connectivity index (χ1) is 17.8. The van der Waals surface area contributed by atoms with E-state index < -0.39 is 29.1 Å². The molecule has 0 spiro atoms. The zero-order valence-corrected chi connectivity index (χ0v) is 20.7. The molecule has 0 bridgehead atoms. The van der Waals surface area contributed by atoms with Crippen LogP contribution in [0.15, 0.2) is 77.6 Å². The number of Topliss-reactive ketones (excluding diaryl/α,β-unsaturated/α-hetero) is 1. The lowest BCUT2D eigenvalue weighted by Gasteiger charge is -2.32. The standard InChI is InChI=1S/C26H17BrF6N2O3/c27-14-21(36)16-6-11-20-19(13-16)23(37)35(22(34-20)12-15-4-2-1-3-5-15)18-9-7-17(8-10-18)24(38,25(28,29)30)26(31,32)33/h1-11,13,38H,12,14H2. The van der Waals surface area contributed by atoms with Crippen LogP contribution in [0.3, 0.4) is 0 Å². The molecule has 4 aromatic rings. The highest BCUT2D eigenvalue weighted by molar-refractivity contribution is 9.09. The highest BCUT2D eigenvalue weighted by atomic mass is 79.9. The number of aromatic nitrogens is 2. The first-order valence-electron chi connectivity index (χ1n) is 10.9. The van der Waals surface area contributed by atoms with E-state index in [1.54, 1.807) is 30.3 Å². The van der Waals surface area contributed by atoms with Gasteiger partial charge in [-0.15, -0.1) is 0 Å². The summed E-state index contributed by atoms with van der Waals surface area (Å²) in [6.45, 7) is 0. The van der Waals surface area contributed by atoms with Crippen LogP contribution in [0.5, 0.6) is 0 Å². The van der Waals surface area contributed by atoms with Crippen molar-refractivity contribution in [2.75, 3.05) is 5.33 Å². The third kappa shape index (κ3) is 4.85. The van der Waals surface area contributed by atoms with Crippen LogP contribution in [0.1, 0.15) is 27.3 Å². The van der Waals surface area contributed by atoms with Crippen LogP contribution in [0.4, 0.5) is 26.3 Å². The molecule has 0 unspecified atom stereocenters. The number of hydrogen-bond acceptors (Lipinski definition) is 4. The van der Waals surface area contributed by atoms with Gasteiger partial charge in [0.1, 0.15) is 5.82 Å². The molecule has 0 amide bonds. The molecule has 5 nitrogen and oxygen atoms in total. The smallest absolute Gasteiger partial charge is 0.369 e. The van der Waals surface area contributed by atoms with Gasteiger partial charge in [0.25, 0.3) is 11.2 Å². The molecule has 0 saturated heterocycles. The maximum absolute atomic E-state index is 13.6. The molecule has 1 N–H and O–H groups in total. The summed E-state index contributed by atoms with van der Waals surface area (Å²) in [4.78, 5) is 30.2. The summed E-state index contributed by atoms with van der Waals surface area (Å²) in [6.07, 6.45) is -12.0. The Morgan fingerprint density at radius 3 is 2.05 bits per heavy atom. The van der Waals surface area contributed by atoms with E-state index in [1.165, 1.54) is 18.2 Å². The van der Waals surface area contributed by atoms with Crippen LogP contribution < -0.4 is 5.56 Å². The van der Waals surface area contributed by atoms with Crippen LogP contribution in [-0.2, 0) is 12.0 Å². The molecular formula is C26H17BrF6N2O3. The largest absolute Gasteiger partial charge is 0.430 e. The minimum Gasteiger partial charge on any atom is -0.369 e. The Morgan fingerprint density at radius 2 is 1.50 bits per heavy atom. The zero-order valence-electron chi connectivity index (χ0n) is 19.1. The Bertz CT molecular complexity index is 1530. The number of carbonyl (C=O) groups is 1. The molecule has 1 heterocycles. The van der Waals surface area contributed by atoms with Crippen molar-refractivity contribution >= 4 is 32.6 Å². The first-order valence-corrected chi connectivity index (χ1v) is 12.1. The van der Waals surface area contributed by atoms with Crippen molar-refractivity contribution in [2.24, 2.45) is 0 Å². The number of halogens is 7. The third-order valence-corrected chi connectivity index (χ3v) is 6.46. The molecule has 4 rings (SSSR count). The quantitative estimate of drug-likeness (QED) is 0.171. The Labute approximate surface area is 219 Å². The van der Waals surface area contributed by atoms with Crippen molar-refractivity contribution in [3.8, 4) is 5.69 Å². The molecule has 1 aromatic heterocycles. The maximum atomic E-state index is 13.6. The fourth-order valence-corrected chi connectivity index (χ4v) is 4.31. The van der Waals surface area contributed by atoms with Crippen LogP contribution in [0.2, 0.25) is 0 Å². The van der Waals surface area contributed by atoms with Crippen molar-refractivity contribution in [1.82, 2.24) is 9.55 Å². The Hall–Kier alpha value is -3.51. The fraction of sp³-hybridized carbons (Fsp3) is 0.192. The van der Waals surface area contributed by atoms with E-state index in [2.05, 4.69) is 20.9 Å². The molecule has 0 atom stereocenters. The van der Waals surface area contributed by atoms with Gasteiger partial charge < -0.3 is 5.11 Å². The Kier molecular flexibility index (Phi) is 7.23. The number of benzene rings is 3. The fourth-order valence-electron chi connectivity index (χ4n) is 3.99. The van der Waals surface area contributed by atoms with Crippen LogP contribution in [0.25, 0.3) is 16.6 Å². The van der Waals surface area contributed by atoms with Crippen LogP contribution in [0, 0.1) is 0 Å². The van der Waals surface area contributed by atoms with Crippen LogP contribution >= 0.6 is 15.9 Å². The molecule has 0 aliphatic heterocycles. The normalized spacial score (nSPS) is 12.6. The Morgan fingerprint density at radius 1 is 0.895 bits per heavy atom. The molecule has 0 saturated carbocycles. The molecule has 198 valence electrons. The Balaban J connectivity index is 1.93. The summed E-state index contributed by atoms with van der Waals surface area (Å²) in [5.74, 6) is -0.155. The highest BCUT2D eigenvalue weighted by Crippen LogP contribution is 2.50. The van der Waals surface area contributed by atoms with E-state index >= 15 is 0 Å². The van der Waals surface area contributed by atoms with E-state index in [1.807, 2.05) is 0 Å². The lowest BCUT2D eigenvalue weighted by atomic mass is 9.92. The number of fused-ring (bicyclic) bond motifs is 1. The minimum absolute atomic E-state index is 0.00496. The van der Waals surface area contributed by atoms with Gasteiger partial charge in [-0.3, -0.25) is 14.2 Å². The lowest BCUT2D eigenvalue weighted by molar-refractivity contribution is -0.376. The van der Waals surface area contributed by atoms with Gasteiger partial charge in [0.2, 0.25) is 0 Å². The highest BCUT2D eigenvalue weighted by Gasteiger charge is 2.71. The molecule has 38 heavy (non-hydrogen) atoms. The number of nitrogens with zero attached hydrogens (tertiary/aromatic N) is 2. The summed E-state index contributed by atoms with van der Waals surface area (Å²) in [6, 6.07) is 15.8. The number of hydrogen-bond donors (Lipinski definition) is 1. The van der Waals surface area contributed by atoms with Crippen molar-refractivity contribution in [2.45, 2.75) is 24.4 Å². The SMILES string of the molecule is O=C(CBr)c1ccc2nc(Cc3ccccc3)n(-c3ccc(C(O)(C(F)(F)F)C(F)(F)F)cc3)c(=O)c2c1. The van der Waals surface area contributed by atoms with Gasteiger partial charge in [-0.1, -0.05) is 58.4 Å². The van der Waals surface area contributed by atoms with Crippen molar-refractivity contribution < 1.29 is 36.2 Å². The zero-order chi connectivity index (χ0) is 27.9. The summed E-state index contributed by atoms with van der Waals surface area (Å²) >= 11 is 3.06. The molecule has 0 radical (unpaired) electrons. The van der Waals surface area contributed by atoms with Gasteiger partial charge in [0, 0.05) is 17.5 Å². The predicted octanol–water partition coefficient (Wildman–Crippen LogP) is 5.87. The summed E-state index contributed by atoms with van der Waals surface area (Å²) in [7, 11) is 0. The second-order valence-electron chi connectivity index (χ2n) is 8.37. The van der Waals surface area contributed by atoms with E-state index in [4.69, 9.17) is 0 Å². The monoisotopic (exact) mass is 598 g/mol. The molecule has 0 aliphatic carbocycles. The van der Waals surface area contributed by atoms with Gasteiger partial charge in [0.05, 0.1) is 21.9 Å². The molecule has 0 aliphatic rings. The third-order valence-electron chi connectivity index (χ3n) is 5.95. The van der Waals surface area contributed by atoms with Gasteiger partial charge in [-0.2, -0.15) is 26.3 Å². The average Bonchev–Trinajstić information content (AvgIpc) is 2.87. The number of rotatable bonds is 6. The van der Waals surface area contributed by atoms with Crippen molar-refractivity contribution in [1.29, 1.82) is 0 Å². The van der Waals surface area contributed by atoms with E-state index in [0.29, 0.717) is 12.1 Å². The summed E-state index contributed by atoms with van der Waals surface area (Å²) in [5, 5.41) is 9.72. The lowest BCUT2D eigenvalue weighted by Crippen LogP contribution is -2.53. The summed E-state index contributed by atoms with van der Waals surface area (Å²) in [5.41, 5.74) is -6.13. The van der Waals surface area contributed by atoms with E-state index in [9.17, 15) is 41.0 Å². The number of aliphatic hydroxyl groups is 1. The van der Waals surface area contributed by atoms with Gasteiger partial charge in [0.15, 0.2) is 5.78 Å². The second kappa shape index (κ2) is 9.99. The first kappa shape index (κ1) is 27.5. The molecule has 3 aromatic carbocycles. The number of alkyl halides is 7. The summed E-state index contributed by atoms with van der Waals surface area (Å²) < 4.78 is 81.0. The van der Waals surface area contributed by atoms with Crippen molar-refractivity contribution in [3.63, 3.8) is 0 Å². The van der Waals surface area contributed by atoms with E-state index in [0.717, 1.165) is 22.3 Å². The van der Waals surface area contributed by atoms with E-state index in [-0.39, 0.29) is 45.5 Å². The van der Waals surface area contributed by atoms with Gasteiger partial charge in [-0.05, 0) is 35.9 Å². The topological polar surface area (TPSA) is 72.2 Å². The second-order valence-corrected chi connectivity index (χ2v) is 8.93. The van der Waals surface area contributed by atoms with Gasteiger partial charge >= 0.3 is 12.4 Å². The van der Waals surface area contributed by atoms with Crippen LogP contribution in [-0.4, -0.2) is 38.1 Å². The van der Waals surface area contributed by atoms with Crippen molar-refractivity contribution in [3.05, 3.63) is 106 Å². The molecule has 12 heteroatoms. The van der Waals surface area contributed by atoms with Gasteiger partial charge in [-0.25, -0.2) is 4.98 Å². The average molecular weight is 599 g/mol.